The quantitative estimate of drug-likeness (QED) is 0.814. The summed E-state index contributed by atoms with van der Waals surface area (Å²) in [5, 5.41) is 1.59. The van der Waals surface area contributed by atoms with Crippen LogP contribution in [0.1, 0.15) is 0 Å². The molecule has 0 aromatic heterocycles. The first-order valence-electron chi connectivity index (χ1n) is 4.56. The van der Waals surface area contributed by atoms with E-state index in [0.717, 1.165) is 10.8 Å². The molecule has 0 aliphatic rings. The number of hydrogen-bond acceptors (Lipinski definition) is 3. The lowest BCUT2D eigenvalue weighted by Crippen LogP contribution is -1.97. The van der Waals surface area contributed by atoms with Gasteiger partial charge in [0, 0.05) is 0 Å². The molecular formula is C11H10O4S. The standard InChI is InChI=1S/C11H10O4S/c1-15-10-4-2-9-7-11(16(12,13)14)5-3-8(9)6-10/h2-7H,1H3,(H,12,13,14). The van der Waals surface area contributed by atoms with Crippen molar-refractivity contribution < 1.29 is 17.7 Å². The topological polar surface area (TPSA) is 63.6 Å². The second kappa shape index (κ2) is 3.77. The lowest BCUT2D eigenvalue weighted by Gasteiger charge is -2.03. The minimum absolute atomic E-state index is 0.106. The Morgan fingerprint density at radius 1 is 1.06 bits per heavy atom. The van der Waals surface area contributed by atoms with E-state index in [-0.39, 0.29) is 4.90 Å². The van der Waals surface area contributed by atoms with Gasteiger partial charge in [0.25, 0.3) is 10.1 Å². The molecule has 0 radical (unpaired) electrons. The van der Waals surface area contributed by atoms with Gasteiger partial charge in [-0.05, 0) is 35.0 Å². The predicted octanol–water partition coefficient (Wildman–Crippen LogP) is 2.10. The molecule has 0 saturated carbocycles. The molecule has 2 aromatic carbocycles. The van der Waals surface area contributed by atoms with Gasteiger partial charge in [0.1, 0.15) is 5.75 Å². The molecule has 0 fully saturated rings. The molecule has 5 heteroatoms. The molecule has 16 heavy (non-hydrogen) atoms. The minimum atomic E-state index is -4.14. The van der Waals surface area contributed by atoms with Crippen molar-refractivity contribution in [3.8, 4) is 5.75 Å². The lowest BCUT2D eigenvalue weighted by molar-refractivity contribution is 0.415. The SMILES string of the molecule is COc1ccc2cc(S(=O)(=O)O)ccc2c1. The Bertz CT molecular complexity index is 631. The largest absolute Gasteiger partial charge is 0.497 e. The highest BCUT2D eigenvalue weighted by Gasteiger charge is 2.09. The Hall–Kier alpha value is -1.59. The Morgan fingerprint density at radius 2 is 1.69 bits per heavy atom. The van der Waals surface area contributed by atoms with Crippen LogP contribution in [0.3, 0.4) is 0 Å². The summed E-state index contributed by atoms with van der Waals surface area (Å²) in [7, 11) is -2.58. The zero-order chi connectivity index (χ0) is 11.8. The summed E-state index contributed by atoms with van der Waals surface area (Å²) < 4.78 is 35.8. The van der Waals surface area contributed by atoms with Gasteiger partial charge in [0.2, 0.25) is 0 Å². The smallest absolute Gasteiger partial charge is 0.294 e. The molecule has 2 rings (SSSR count). The van der Waals surface area contributed by atoms with Crippen molar-refractivity contribution in [2.45, 2.75) is 4.90 Å². The third kappa shape index (κ3) is 2.00. The van der Waals surface area contributed by atoms with E-state index in [1.807, 2.05) is 0 Å². The van der Waals surface area contributed by atoms with Crippen molar-refractivity contribution in [2.24, 2.45) is 0 Å². The highest BCUT2D eigenvalue weighted by atomic mass is 32.2. The van der Waals surface area contributed by atoms with E-state index in [9.17, 15) is 8.42 Å². The predicted molar refractivity (Wildman–Crippen MR) is 60.3 cm³/mol. The molecule has 4 nitrogen and oxygen atoms in total. The van der Waals surface area contributed by atoms with Gasteiger partial charge in [0.15, 0.2) is 0 Å². The van der Waals surface area contributed by atoms with Gasteiger partial charge >= 0.3 is 0 Å². The van der Waals surface area contributed by atoms with Crippen molar-refractivity contribution in [3.05, 3.63) is 36.4 Å². The zero-order valence-corrected chi connectivity index (χ0v) is 9.36. The molecule has 0 aliphatic carbocycles. The van der Waals surface area contributed by atoms with E-state index in [2.05, 4.69) is 0 Å². The van der Waals surface area contributed by atoms with Crippen molar-refractivity contribution in [3.63, 3.8) is 0 Å². The second-order valence-electron chi connectivity index (χ2n) is 3.35. The Balaban J connectivity index is 2.65. The first kappa shape index (κ1) is 10.9. The maximum Gasteiger partial charge on any atom is 0.294 e. The van der Waals surface area contributed by atoms with E-state index in [4.69, 9.17) is 9.29 Å². The Morgan fingerprint density at radius 3 is 2.31 bits per heavy atom. The van der Waals surface area contributed by atoms with Crippen LogP contribution in [0.5, 0.6) is 5.75 Å². The van der Waals surface area contributed by atoms with Gasteiger partial charge < -0.3 is 4.74 Å². The number of ether oxygens (including phenoxy) is 1. The van der Waals surface area contributed by atoms with Crippen LogP contribution in [0.25, 0.3) is 10.8 Å². The van der Waals surface area contributed by atoms with Crippen molar-refractivity contribution in [1.82, 2.24) is 0 Å². The summed E-state index contributed by atoms with van der Waals surface area (Å²) in [5.41, 5.74) is 0. The molecule has 0 atom stereocenters. The summed E-state index contributed by atoms with van der Waals surface area (Å²) in [5.74, 6) is 0.701. The van der Waals surface area contributed by atoms with Crippen molar-refractivity contribution in [1.29, 1.82) is 0 Å². The first-order valence-corrected chi connectivity index (χ1v) is 6.00. The van der Waals surface area contributed by atoms with Gasteiger partial charge in [-0.15, -0.1) is 0 Å². The minimum Gasteiger partial charge on any atom is -0.497 e. The fourth-order valence-electron chi connectivity index (χ4n) is 1.49. The summed E-state index contributed by atoms with van der Waals surface area (Å²) in [6.45, 7) is 0. The lowest BCUT2D eigenvalue weighted by atomic mass is 10.1. The summed E-state index contributed by atoms with van der Waals surface area (Å²) in [6, 6.07) is 9.67. The average Bonchev–Trinajstić information content (AvgIpc) is 2.26. The molecule has 0 saturated heterocycles. The summed E-state index contributed by atoms with van der Waals surface area (Å²) in [4.78, 5) is -0.106. The zero-order valence-electron chi connectivity index (χ0n) is 8.54. The summed E-state index contributed by atoms with van der Waals surface area (Å²) >= 11 is 0. The highest BCUT2D eigenvalue weighted by molar-refractivity contribution is 7.85. The van der Waals surface area contributed by atoms with Gasteiger partial charge in [-0.25, -0.2) is 0 Å². The van der Waals surface area contributed by atoms with Crippen LogP contribution >= 0.6 is 0 Å². The maximum absolute atomic E-state index is 10.9. The number of hydrogen-bond donors (Lipinski definition) is 1. The molecule has 0 spiro atoms. The van der Waals surface area contributed by atoms with E-state index in [1.54, 1.807) is 31.4 Å². The van der Waals surface area contributed by atoms with Crippen LogP contribution < -0.4 is 4.74 Å². The van der Waals surface area contributed by atoms with E-state index < -0.39 is 10.1 Å². The molecule has 1 N–H and O–H groups in total. The Labute approximate surface area is 93.2 Å². The number of fused-ring (bicyclic) bond motifs is 1. The van der Waals surface area contributed by atoms with Crippen LogP contribution in [0, 0.1) is 0 Å². The second-order valence-corrected chi connectivity index (χ2v) is 4.77. The van der Waals surface area contributed by atoms with Crippen molar-refractivity contribution >= 4 is 20.9 Å². The van der Waals surface area contributed by atoms with Crippen LogP contribution in [0.2, 0.25) is 0 Å². The normalized spacial score (nSPS) is 11.6. The first-order chi connectivity index (χ1) is 7.50. The number of methoxy groups -OCH3 is 1. The Kier molecular flexibility index (Phi) is 2.57. The average molecular weight is 238 g/mol. The van der Waals surface area contributed by atoms with Crippen LogP contribution in [0.15, 0.2) is 41.3 Å². The molecule has 0 aliphatic heterocycles. The van der Waals surface area contributed by atoms with Gasteiger partial charge in [-0.3, -0.25) is 4.55 Å². The molecule has 0 unspecified atom stereocenters. The van der Waals surface area contributed by atoms with Crippen LogP contribution in [-0.4, -0.2) is 20.1 Å². The van der Waals surface area contributed by atoms with E-state index >= 15 is 0 Å². The molecular weight excluding hydrogens is 228 g/mol. The van der Waals surface area contributed by atoms with Crippen molar-refractivity contribution in [2.75, 3.05) is 7.11 Å². The molecule has 2 aromatic rings. The van der Waals surface area contributed by atoms with Gasteiger partial charge in [-0.1, -0.05) is 12.1 Å². The van der Waals surface area contributed by atoms with E-state index in [0.29, 0.717) is 5.75 Å². The molecule has 0 amide bonds. The van der Waals surface area contributed by atoms with Gasteiger partial charge in [-0.2, -0.15) is 8.42 Å². The summed E-state index contributed by atoms with van der Waals surface area (Å²) in [6.07, 6.45) is 0. The third-order valence-electron chi connectivity index (χ3n) is 2.32. The third-order valence-corrected chi connectivity index (χ3v) is 3.17. The van der Waals surface area contributed by atoms with E-state index in [1.165, 1.54) is 12.1 Å². The highest BCUT2D eigenvalue weighted by Crippen LogP contribution is 2.23. The fraction of sp³-hybridized carbons (Fsp3) is 0.0909. The maximum atomic E-state index is 10.9. The number of rotatable bonds is 2. The monoisotopic (exact) mass is 238 g/mol. The van der Waals surface area contributed by atoms with Gasteiger partial charge in [0.05, 0.1) is 12.0 Å². The van der Waals surface area contributed by atoms with Crippen LogP contribution in [0.4, 0.5) is 0 Å². The van der Waals surface area contributed by atoms with Crippen LogP contribution in [-0.2, 0) is 10.1 Å². The number of benzene rings is 2. The molecule has 0 heterocycles. The molecule has 84 valence electrons. The fourth-order valence-corrected chi connectivity index (χ4v) is 2.01. The molecule has 0 bridgehead atoms.